The van der Waals surface area contributed by atoms with E-state index in [1.165, 1.54) is 0 Å². The van der Waals surface area contributed by atoms with Crippen molar-refractivity contribution in [3.63, 3.8) is 0 Å². The second-order valence-corrected chi connectivity index (χ2v) is 4.85. The molecule has 0 bridgehead atoms. The van der Waals surface area contributed by atoms with Gasteiger partial charge in [0.15, 0.2) is 0 Å². The van der Waals surface area contributed by atoms with Gasteiger partial charge >= 0.3 is 5.97 Å². The van der Waals surface area contributed by atoms with Crippen molar-refractivity contribution < 1.29 is 14.6 Å². The van der Waals surface area contributed by atoms with Crippen LogP contribution in [-0.2, 0) is 17.8 Å². The van der Waals surface area contributed by atoms with E-state index < -0.39 is 5.97 Å². The summed E-state index contributed by atoms with van der Waals surface area (Å²) >= 11 is 0. The lowest BCUT2D eigenvalue weighted by Crippen LogP contribution is -1.95. The molecular weight excluding hydrogens is 266 g/mol. The zero-order valence-corrected chi connectivity index (χ0v) is 11.4. The second kappa shape index (κ2) is 5.71. The number of fused-ring (bicyclic) bond motifs is 1. The highest BCUT2D eigenvalue weighted by molar-refractivity contribution is 5.86. The summed E-state index contributed by atoms with van der Waals surface area (Å²) in [5, 5.41) is 8.97. The molecule has 0 radical (unpaired) electrons. The van der Waals surface area contributed by atoms with E-state index in [4.69, 9.17) is 9.84 Å². The normalized spacial score (nSPS) is 13.2. The van der Waals surface area contributed by atoms with Crippen LogP contribution in [0.4, 0.5) is 0 Å². The maximum absolute atomic E-state index is 10.9. The number of hydrogen-bond acceptors (Lipinski definition) is 2. The number of carboxylic acid groups (broad SMARTS) is 1. The van der Waals surface area contributed by atoms with Crippen LogP contribution in [-0.4, -0.2) is 16.1 Å². The van der Waals surface area contributed by atoms with Crippen LogP contribution in [0.15, 0.2) is 54.3 Å². The molecule has 0 saturated carbocycles. The Kier molecular flexibility index (Phi) is 3.60. The summed E-state index contributed by atoms with van der Waals surface area (Å²) in [5.41, 5.74) is 3.11. The second-order valence-electron chi connectivity index (χ2n) is 4.85. The van der Waals surface area contributed by atoms with Gasteiger partial charge in [0.2, 0.25) is 0 Å². The molecule has 0 atom stereocenters. The fraction of sp³-hybridized carbons (Fsp3) is 0.118. The summed E-state index contributed by atoms with van der Waals surface area (Å²) in [6.07, 6.45) is 6.32. The molecule has 0 aliphatic heterocycles. The Balaban J connectivity index is 1.69. The number of allylic oxidation sites excluding steroid dienone is 2. The van der Waals surface area contributed by atoms with E-state index >= 15 is 0 Å². The highest BCUT2D eigenvalue weighted by atomic mass is 16.5. The van der Waals surface area contributed by atoms with Crippen LogP contribution >= 0.6 is 0 Å². The Labute approximate surface area is 122 Å². The van der Waals surface area contributed by atoms with Crippen molar-refractivity contribution in [1.29, 1.82) is 0 Å². The maximum atomic E-state index is 10.9. The van der Waals surface area contributed by atoms with Crippen molar-refractivity contribution in [1.82, 2.24) is 4.98 Å². The molecule has 0 unspecified atom stereocenters. The van der Waals surface area contributed by atoms with Gasteiger partial charge in [-0.2, -0.15) is 0 Å². The van der Waals surface area contributed by atoms with Crippen LogP contribution in [0.2, 0.25) is 0 Å². The Morgan fingerprint density at radius 2 is 2.05 bits per heavy atom. The first-order valence-corrected chi connectivity index (χ1v) is 6.72. The number of hydrogen-bond donors (Lipinski definition) is 2. The van der Waals surface area contributed by atoms with Crippen molar-refractivity contribution in [3.05, 3.63) is 76.8 Å². The van der Waals surface area contributed by atoms with Crippen LogP contribution in [0.3, 0.4) is 0 Å². The van der Waals surface area contributed by atoms with Crippen molar-refractivity contribution in [3.8, 4) is 0 Å². The van der Waals surface area contributed by atoms with Gasteiger partial charge in [0, 0.05) is 5.69 Å². The van der Waals surface area contributed by atoms with Crippen LogP contribution in [0.25, 0.3) is 6.08 Å². The van der Waals surface area contributed by atoms with Gasteiger partial charge in [-0.3, -0.25) is 0 Å². The third kappa shape index (κ3) is 3.05. The van der Waals surface area contributed by atoms with Gasteiger partial charge in [-0.25, -0.2) is 4.79 Å². The Morgan fingerprint density at radius 1 is 1.24 bits per heavy atom. The summed E-state index contributed by atoms with van der Waals surface area (Å²) in [4.78, 5) is 13.8. The molecule has 0 fully saturated rings. The molecule has 1 heterocycles. The Bertz CT molecular complexity index is 711. The molecule has 4 nitrogen and oxygen atoms in total. The smallest absolute Gasteiger partial charge is 0.352 e. The van der Waals surface area contributed by atoms with Gasteiger partial charge in [0.05, 0.1) is 0 Å². The number of H-pyrrole nitrogens is 1. The molecule has 3 rings (SSSR count). The Hall–Kier alpha value is -2.75. The van der Waals surface area contributed by atoms with E-state index in [2.05, 4.69) is 4.98 Å². The molecule has 0 amide bonds. The maximum Gasteiger partial charge on any atom is 0.352 e. The molecule has 106 valence electrons. The molecule has 1 aromatic heterocycles. The largest absolute Gasteiger partial charge is 0.489 e. The fourth-order valence-electron chi connectivity index (χ4n) is 2.24. The number of aromatic carboxylic acids is 1. The third-order valence-corrected chi connectivity index (χ3v) is 3.35. The average Bonchev–Trinajstić information content (AvgIpc) is 2.82. The van der Waals surface area contributed by atoms with Crippen LogP contribution < -0.4 is 0 Å². The number of rotatable bonds is 4. The minimum absolute atomic E-state index is 0.215. The molecular formula is C17H15NO3. The number of nitrogens with one attached hydrogen (secondary N) is 1. The van der Waals surface area contributed by atoms with Gasteiger partial charge in [-0.05, 0) is 41.8 Å². The van der Waals surface area contributed by atoms with Gasteiger partial charge in [-0.15, -0.1) is 0 Å². The Morgan fingerprint density at radius 3 is 2.81 bits per heavy atom. The lowest BCUT2D eigenvalue weighted by atomic mass is 10.2. The molecule has 1 aromatic carbocycles. The molecule has 4 heteroatoms. The predicted molar refractivity (Wildman–Crippen MR) is 79.8 cm³/mol. The van der Waals surface area contributed by atoms with Gasteiger partial charge < -0.3 is 14.8 Å². The third-order valence-electron chi connectivity index (χ3n) is 3.35. The summed E-state index contributed by atoms with van der Waals surface area (Å²) in [6.45, 7) is 0.519. The first-order valence-electron chi connectivity index (χ1n) is 6.72. The molecule has 0 spiro atoms. The zero-order chi connectivity index (χ0) is 14.7. The zero-order valence-electron chi connectivity index (χ0n) is 11.4. The van der Waals surface area contributed by atoms with Crippen molar-refractivity contribution in [2.75, 3.05) is 0 Å². The number of aromatic amines is 1. The van der Waals surface area contributed by atoms with Crippen LogP contribution in [0.5, 0.6) is 0 Å². The highest BCUT2D eigenvalue weighted by Crippen LogP contribution is 2.20. The number of ether oxygens (including phenoxy) is 1. The van der Waals surface area contributed by atoms with Gasteiger partial charge in [0.25, 0.3) is 0 Å². The van der Waals surface area contributed by atoms with Crippen molar-refractivity contribution in [2.45, 2.75) is 13.0 Å². The molecule has 0 saturated heterocycles. The molecule has 21 heavy (non-hydrogen) atoms. The van der Waals surface area contributed by atoms with Crippen LogP contribution in [0, 0.1) is 0 Å². The van der Waals surface area contributed by atoms with Crippen LogP contribution in [0.1, 0.15) is 27.3 Å². The first-order chi connectivity index (χ1) is 10.2. The topological polar surface area (TPSA) is 62.3 Å². The lowest BCUT2D eigenvalue weighted by Gasteiger charge is -2.06. The monoisotopic (exact) mass is 281 g/mol. The molecule has 1 aliphatic rings. The van der Waals surface area contributed by atoms with E-state index in [0.717, 1.165) is 22.6 Å². The summed E-state index contributed by atoms with van der Waals surface area (Å²) in [5.74, 6) is -0.152. The molecule has 1 aliphatic carbocycles. The lowest BCUT2D eigenvalue weighted by molar-refractivity contribution is 0.0691. The molecule has 2 aromatic rings. The minimum Gasteiger partial charge on any atom is -0.489 e. The average molecular weight is 281 g/mol. The summed E-state index contributed by atoms with van der Waals surface area (Å²) in [6, 6.07) is 11.6. The van der Waals surface area contributed by atoms with E-state index in [0.29, 0.717) is 13.0 Å². The number of carboxylic acids is 1. The van der Waals surface area contributed by atoms with Crippen molar-refractivity contribution in [2.24, 2.45) is 0 Å². The summed E-state index contributed by atoms with van der Waals surface area (Å²) < 4.78 is 5.77. The van der Waals surface area contributed by atoms with Gasteiger partial charge in [0.1, 0.15) is 18.1 Å². The van der Waals surface area contributed by atoms with E-state index in [-0.39, 0.29) is 5.69 Å². The quantitative estimate of drug-likeness (QED) is 0.903. The number of carbonyl (C=O) groups is 1. The van der Waals surface area contributed by atoms with E-state index in [9.17, 15) is 4.79 Å². The first kappa shape index (κ1) is 13.2. The van der Waals surface area contributed by atoms with E-state index in [1.54, 1.807) is 6.07 Å². The molecule has 2 N–H and O–H groups in total. The fourth-order valence-corrected chi connectivity index (χ4v) is 2.24. The number of benzene rings is 1. The minimum atomic E-state index is -0.944. The standard InChI is InChI=1S/C17H15NO3/c19-17(20)16-10-13-6-7-14(8-9-15(13)18-16)21-11-12-4-2-1-3-5-12/h1-5,7-10,18H,6,11H2,(H,19,20). The van der Waals surface area contributed by atoms with Crippen molar-refractivity contribution >= 4 is 12.0 Å². The predicted octanol–water partition coefficient (Wildman–Crippen LogP) is 3.38. The van der Waals surface area contributed by atoms with Gasteiger partial charge in [-0.1, -0.05) is 30.3 Å². The van der Waals surface area contributed by atoms with E-state index in [1.807, 2.05) is 48.6 Å². The SMILES string of the molecule is O=C(O)c1cc2c([nH]1)C=CC(OCc1ccccc1)=CC2. The summed E-state index contributed by atoms with van der Waals surface area (Å²) in [7, 11) is 0. The highest BCUT2D eigenvalue weighted by Gasteiger charge is 2.12. The number of aromatic nitrogens is 1.